The Bertz CT molecular complexity index is 499. The second kappa shape index (κ2) is 6.79. The number of aromatic nitrogens is 2. The Kier molecular flexibility index (Phi) is 5.59. The first-order valence-electron chi connectivity index (χ1n) is 6.41. The molecule has 0 bridgehead atoms. The third-order valence-electron chi connectivity index (χ3n) is 2.94. The molecule has 1 atom stereocenters. The molecule has 0 spiro atoms. The van der Waals surface area contributed by atoms with Crippen molar-refractivity contribution < 1.29 is 23.1 Å². The zero-order chi connectivity index (χ0) is 16.2. The summed E-state index contributed by atoms with van der Waals surface area (Å²) in [6.45, 7) is 3.54. The molecule has 6 nitrogen and oxygen atoms in total. The first-order chi connectivity index (χ1) is 9.65. The van der Waals surface area contributed by atoms with Crippen molar-refractivity contribution in [2.24, 2.45) is 0 Å². The number of aliphatic hydroxyl groups is 1. The molecule has 0 radical (unpaired) electrons. The van der Waals surface area contributed by atoms with E-state index in [1.165, 1.54) is 6.92 Å². The average molecular weight is 308 g/mol. The van der Waals surface area contributed by atoms with Gasteiger partial charge in [0.1, 0.15) is 6.54 Å². The molecule has 1 aromatic rings. The van der Waals surface area contributed by atoms with Crippen LogP contribution in [-0.4, -0.2) is 40.2 Å². The number of rotatable bonds is 5. The molecule has 21 heavy (non-hydrogen) atoms. The van der Waals surface area contributed by atoms with Gasteiger partial charge in [0.25, 0.3) is 0 Å². The van der Waals surface area contributed by atoms with Gasteiger partial charge in [-0.3, -0.25) is 4.68 Å². The summed E-state index contributed by atoms with van der Waals surface area (Å²) in [5.41, 5.74) is 1.35. The summed E-state index contributed by atoms with van der Waals surface area (Å²) < 4.78 is 38.2. The van der Waals surface area contributed by atoms with Gasteiger partial charge in [-0.1, -0.05) is 0 Å². The summed E-state index contributed by atoms with van der Waals surface area (Å²) in [6, 6.07) is -0.996. The van der Waals surface area contributed by atoms with Crippen LogP contribution < -0.4 is 10.6 Å². The molecule has 0 aliphatic rings. The van der Waals surface area contributed by atoms with Crippen LogP contribution in [0.25, 0.3) is 0 Å². The molecule has 0 fully saturated rings. The van der Waals surface area contributed by atoms with Gasteiger partial charge in [-0.25, -0.2) is 4.79 Å². The molecule has 120 valence electrons. The molecule has 0 saturated carbocycles. The van der Waals surface area contributed by atoms with Crippen molar-refractivity contribution in [2.75, 3.05) is 13.2 Å². The highest BCUT2D eigenvalue weighted by Gasteiger charge is 2.30. The van der Waals surface area contributed by atoms with Crippen molar-refractivity contribution >= 4 is 6.03 Å². The van der Waals surface area contributed by atoms with Crippen LogP contribution in [0.1, 0.15) is 29.9 Å². The molecule has 0 saturated heterocycles. The lowest BCUT2D eigenvalue weighted by molar-refractivity contribution is -0.143. The topological polar surface area (TPSA) is 79.2 Å². The maximum absolute atomic E-state index is 12.4. The predicted molar refractivity (Wildman–Crippen MR) is 69.8 cm³/mol. The van der Waals surface area contributed by atoms with Crippen molar-refractivity contribution in [1.82, 2.24) is 20.4 Å². The van der Waals surface area contributed by atoms with Crippen LogP contribution in [0.5, 0.6) is 0 Å². The number of carbonyl (C=O) groups excluding carboxylic acids is 1. The number of halogens is 3. The minimum absolute atomic E-state index is 0.101. The molecule has 1 unspecified atom stereocenters. The zero-order valence-corrected chi connectivity index (χ0v) is 12.1. The van der Waals surface area contributed by atoms with Gasteiger partial charge in [0, 0.05) is 17.8 Å². The number of aliphatic hydroxyl groups excluding tert-OH is 1. The highest BCUT2D eigenvalue weighted by Crippen LogP contribution is 2.24. The smallest absolute Gasteiger partial charge is 0.395 e. The van der Waals surface area contributed by atoms with Crippen molar-refractivity contribution in [3.63, 3.8) is 0 Å². The Labute approximate surface area is 120 Å². The van der Waals surface area contributed by atoms with Crippen LogP contribution in [0, 0.1) is 13.8 Å². The number of amides is 2. The Morgan fingerprint density at radius 2 is 2.05 bits per heavy atom. The fourth-order valence-corrected chi connectivity index (χ4v) is 2.15. The number of nitrogens with zero attached hydrogens (tertiary/aromatic N) is 2. The van der Waals surface area contributed by atoms with Gasteiger partial charge >= 0.3 is 12.2 Å². The predicted octanol–water partition coefficient (Wildman–Crippen LogP) is 1.41. The first kappa shape index (κ1) is 17.3. The number of aryl methyl sites for hydroxylation is 1. The normalized spacial score (nSPS) is 13.1. The van der Waals surface area contributed by atoms with Crippen LogP contribution in [0.4, 0.5) is 18.0 Å². The van der Waals surface area contributed by atoms with Crippen molar-refractivity contribution in [2.45, 2.75) is 39.5 Å². The van der Waals surface area contributed by atoms with Gasteiger partial charge in [-0.15, -0.1) is 0 Å². The molecule has 2 amide bonds. The highest BCUT2D eigenvalue weighted by molar-refractivity contribution is 5.74. The van der Waals surface area contributed by atoms with Crippen LogP contribution in [-0.2, 0) is 6.54 Å². The number of urea groups is 1. The van der Waals surface area contributed by atoms with E-state index in [1.54, 1.807) is 13.8 Å². The largest absolute Gasteiger partial charge is 0.408 e. The summed E-state index contributed by atoms with van der Waals surface area (Å²) in [5.74, 6) is 0. The van der Waals surface area contributed by atoms with E-state index in [0.29, 0.717) is 17.0 Å². The Morgan fingerprint density at radius 1 is 1.43 bits per heavy atom. The minimum Gasteiger partial charge on any atom is -0.395 e. The van der Waals surface area contributed by atoms with Crippen molar-refractivity contribution in [3.05, 3.63) is 17.0 Å². The minimum atomic E-state index is -4.35. The van der Waals surface area contributed by atoms with Gasteiger partial charge in [-0.2, -0.15) is 18.3 Å². The van der Waals surface area contributed by atoms with E-state index >= 15 is 0 Å². The van der Waals surface area contributed by atoms with Crippen LogP contribution >= 0.6 is 0 Å². The van der Waals surface area contributed by atoms with Crippen LogP contribution in [0.3, 0.4) is 0 Å². The zero-order valence-electron chi connectivity index (χ0n) is 12.1. The molecular weight excluding hydrogens is 289 g/mol. The molecule has 3 N–H and O–H groups in total. The van der Waals surface area contributed by atoms with Gasteiger partial charge in [-0.05, 0) is 20.8 Å². The quantitative estimate of drug-likeness (QED) is 0.769. The van der Waals surface area contributed by atoms with E-state index in [-0.39, 0.29) is 13.2 Å². The third kappa shape index (κ3) is 4.92. The number of alkyl halides is 3. The number of nitrogens with one attached hydrogen (secondary N) is 2. The van der Waals surface area contributed by atoms with E-state index in [1.807, 2.05) is 0 Å². The fraction of sp³-hybridized carbons (Fsp3) is 0.667. The van der Waals surface area contributed by atoms with Gasteiger partial charge in [0.15, 0.2) is 0 Å². The fourth-order valence-electron chi connectivity index (χ4n) is 2.15. The van der Waals surface area contributed by atoms with Crippen LogP contribution in [0.15, 0.2) is 0 Å². The Hall–Kier alpha value is -1.77. The summed E-state index contributed by atoms with van der Waals surface area (Å²) in [4.78, 5) is 11.5. The SMILES string of the molecule is Cc1nn(CC(F)(F)F)c(C)c1C(C)NC(=O)NCCO. The maximum Gasteiger partial charge on any atom is 0.408 e. The standard InChI is InChI=1S/C12H19F3N4O2/c1-7(17-11(21)16-4-5-20)10-8(2)18-19(9(10)3)6-12(13,14)15/h7,20H,4-6H2,1-3H3,(H2,16,17,21). The molecule has 9 heteroatoms. The van der Waals surface area contributed by atoms with E-state index in [9.17, 15) is 18.0 Å². The number of carbonyl (C=O) groups is 1. The molecule has 0 aromatic carbocycles. The maximum atomic E-state index is 12.4. The molecule has 1 heterocycles. The second-order valence-electron chi connectivity index (χ2n) is 4.70. The molecule has 1 rings (SSSR count). The molecule has 0 aliphatic heterocycles. The second-order valence-corrected chi connectivity index (χ2v) is 4.70. The molecule has 0 aliphatic carbocycles. The number of hydrogen-bond donors (Lipinski definition) is 3. The lowest BCUT2D eigenvalue weighted by Gasteiger charge is -2.15. The average Bonchev–Trinajstić information content (AvgIpc) is 2.59. The molecular formula is C12H19F3N4O2. The lowest BCUT2D eigenvalue weighted by atomic mass is 10.1. The van der Waals surface area contributed by atoms with E-state index in [4.69, 9.17) is 5.11 Å². The third-order valence-corrected chi connectivity index (χ3v) is 2.94. The van der Waals surface area contributed by atoms with Gasteiger partial charge in [0.05, 0.1) is 18.3 Å². The van der Waals surface area contributed by atoms with E-state index in [2.05, 4.69) is 15.7 Å². The van der Waals surface area contributed by atoms with Gasteiger partial charge in [0.2, 0.25) is 0 Å². The highest BCUT2D eigenvalue weighted by atomic mass is 19.4. The van der Waals surface area contributed by atoms with Crippen molar-refractivity contribution in [1.29, 1.82) is 0 Å². The summed E-state index contributed by atoms with van der Waals surface area (Å²) in [6.07, 6.45) is -4.35. The monoisotopic (exact) mass is 308 g/mol. The van der Waals surface area contributed by atoms with Crippen LogP contribution in [0.2, 0.25) is 0 Å². The van der Waals surface area contributed by atoms with E-state index in [0.717, 1.165) is 4.68 Å². The van der Waals surface area contributed by atoms with Gasteiger partial charge < -0.3 is 15.7 Å². The number of hydrogen-bond acceptors (Lipinski definition) is 3. The molecule has 1 aromatic heterocycles. The van der Waals surface area contributed by atoms with E-state index < -0.39 is 24.8 Å². The summed E-state index contributed by atoms with van der Waals surface area (Å²) in [5, 5.41) is 17.5. The lowest BCUT2D eigenvalue weighted by Crippen LogP contribution is -2.38. The summed E-state index contributed by atoms with van der Waals surface area (Å²) >= 11 is 0. The summed E-state index contributed by atoms with van der Waals surface area (Å²) in [7, 11) is 0. The first-order valence-corrected chi connectivity index (χ1v) is 6.41. The van der Waals surface area contributed by atoms with Crippen molar-refractivity contribution in [3.8, 4) is 0 Å². The Balaban J connectivity index is 2.85. The Morgan fingerprint density at radius 3 is 2.57 bits per heavy atom.